The van der Waals surface area contributed by atoms with Gasteiger partial charge < -0.3 is 15.2 Å². The number of ether oxygens (including phenoxy) is 1. The maximum Gasteiger partial charge on any atom is 0.122 e. The Morgan fingerprint density at radius 3 is 2.74 bits per heavy atom. The average molecular weight is 283 g/mol. The van der Waals surface area contributed by atoms with Gasteiger partial charge in [-0.1, -0.05) is 18.2 Å². The first kappa shape index (κ1) is 16.3. The minimum atomic E-state index is -0.658. The van der Waals surface area contributed by atoms with Crippen molar-refractivity contribution in [3.63, 3.8) is 0 Å². The Labute approximate surface area is 120 Å². The van der Waals surface area contributed by atoms with Crippen molar-refractivity contribution in [2.45, 2.75) is 31.9 Å². The van der Waals surface area contributed by atoms with Gasteiger partial charge >= 0.3 is 0 Å². The van der Waals surface area contributed by atoms with E-state index in [0.29, 0.717) is 12.6 Å². The highest BCUT2D eigenvalue weighted by Crippen LogP contribution is 2.19. The van der Waals surface area contributed by atoms with Gasteiger partial charge in [0, 0.05) is 18.3 Å². The maximum atomic E-state index is 10.1. The Morgan fingerprint density at radius 1 is 1.42 bits per heavy atom. The van der Waals surface area contributed by atoms with E-state index in [4.69, 9.17) is 4.74 Å². The number of benzene rings is 1. The largest absolute Gasteiger partial charge is 0.496 e. The van der Waals surface area contributed by atoms with Crippen LogP contribution < -0.4 is 10.1 Å². The molecule has 0 aliphatic carbocycles. The lowest BCUT2D eigenvalue weighted by atomic mass is 10.0. The molecule has 2 unspecified atom stereocenters. The van der Waals surface area contributed by atoms with E-state index < -0.39 is 5.60 Å². The van der Waals surface area contributed by atoms with Crippen molar-refractivity contribution in [1.29, 1.82) is 0 Å². The van der Waals surface area contributed by atoms with Crippen LogP contribution in [0.2, 0.25) is 0 Å². The molecule has 0 fully saturated rings. The standard InChI is InChI=1S/C15H25NO2S/c1-12(16-10-15(2,17)11-19-4)9-13-7-5-6-8-14(13)18-3/h5-8,12,16-17H,9-11H2,1-4H3. The average Bonchev–Trinajstić information content (AvgIpc) is 2.37. The van der Waals surface area contributed by atoms with Gasteiger partial charge in [0.1, 0.15) is 5.75 Å². The van der Waals surface area contributed by atoms with Crippen LogP contribution in [0.15, 0.2) is 24.3 Å². The highest BCUT2D eigenvalue weighted by Gasteiger charge is 2.20. The van der Waals surface area contributed by atoms with Crippen LogP contribution in [0.5, 0.6) is 5.75 Å². The predicted octanol–water partition coefficient (Wildman–Crippen LogP) is 2.33. The molecular formula is C15H25NO2S. The van der Waals surface area contributed by atoms with Gasteiger partial charge in [0.05, 0.1) is 12.7 Å². The monoisotopic (exact) mass is 283 g/mol. The molecule has 1 aromatic rings. The SMILES string of the molecule is COc1ccccc1CC(C)NCC(C)(O)CSC. The molecule has 0 aromatic heterocycles. The number of aliphatic hydroxyl groups is 1. The third-order valence-electron chi connectivity index (χ3n) is 3.01. The normalized spacial score (nSPS) is 15.8. The van der Waals surface area contributed by atoms with E-state index in [9.17, 15) is 5.11 Å². The van der Waals surface area contributed by atoms with E-state index in [1.54, 1.807) is 18.9 Å². The molecule has 2 N–H and O–H groups in total. The van der Waals surface area contributed by atoms with Crippen molar-refractivity contribution >= 4 is 11.8 Å². The number of thioether (sulfide) groups is 1. The van der Waals surface area contributed by atoms with Crippen LogP contribution in [-0.4, -0.2) is 42.4 Å². The van der Waals surface area contributed by atoms with Crippen LogP contribution in [0.25, 0.3) is 0 Å². The van der Waals surface area contributed by atoms with Crippen LogP contribution in [0, 0.1) is 0 Å². The van der Waals surface area contributed by atoms with Gasteiger partial charge in [-0.05, 0) is 38.2 Å². The molecule has 2 atom stereocenters. The molecule has 0 aliphatic heterocycles. The lowest BCUT2D eigenvalue weighted by molar-refractivity contribution is 0.0820. The van der Waals surface area contributed by atoms with Crippen LogP contribution >= 0.6 is 11.8 Å². The fourth-order valence-electron chi connectivity index (χ4n) is 2.03. The summed E-state index contributed by atoms with van der Waals surface area (Å²) in [5, 5.41) is 13.5. The highest BCUT2D eigenvalue weighted by molar-refractivity contribution is 7.98. The summed E-state index contributed by atoms with van der Waals surface area (Å²) in [5.74, 6) is 1.66. The van der Waals surface area contributed by atoms with Gasteiger partial charge in [-0.3, -0.25) is 0 Å². The smallest absolute Gasteiger partial charge is 0.122 e. The summed E-state index contributed by atoms with van der Waals surface area (Å²) in [6.45, 7) is 4.60. The molecular weight excluding hydrogens is 258 g/mol. The van der Waals surface area contributed by atoms with Gasteiger partial charge in [0.2, 0.25) is 0 Å². The second kappa shape index (κ2) is 7.78. The van der Waals surface area contributed by atoms with E-state index in [1.165, 1.54) is 5.56 Å². The quantitative estimate of drug-likeness (QED) is 0.768. The minimum absolute atomic E-state index is 0.296. The molecule has 0 saturated carbocycles. The Hall–Kier alpha value is -0.710. The third-order valence-corrected chi connectivity index (χ3v) is 3.92. The molecule has 0 bridgehead atoms. The van der Waals surface area contributed by atoms with Gasteiger partial charge in [-0.2, -0.15) is 11.8 Å². The Kier molecular flexibility index (Phi) is 6.69. The maximum absolute atomic E-state index is 10.1. The summed E-state index contributed by atoms with van der Waals surface area (Å²) in [5.41, 5.74) is 0.531. The summed E-state index contributed by atoms with van der Waals surface area (Å²) < 4.78 is 5.35. The molecule has 0 aliphatic rings. The van der Waals surface area contributed by atoms with Gasteiger partial charge in [-0.15, -0.1) is 0 Å². The summed E-state index contributed by atoms with van der Waals surface area (Å²) in [7, 11) is 1.69. The van der Waals surface area contributed by atoms with E-state index in [1.807, 2.05) is 31.4 Å². The zero-order valence-electron chi connectivity index (χ0n) is 12.3. The molecule has 108 valence electrons. The fourth-order valence-corrected chi connectivity index (χ4v) is 2.75. The van der Waals surface area contributed by atoms with E-state index in [2.05, 4.69) is 18.3 Å². The Balaban J connectivity index is 2.49. The summed E-state index contributed by atoms with van der Waals surface area (Å²) in [6.07, 6.45) is 2.89. The number of hydrogen-bond acceptors (Lipinski definition) is 4. The molecule has 0 radical (unpaired) electrons. The molecule has 0 saturated heterocycles. The van der Waals surface area contributed by atoms with Crippen LogP contribution in [0.4, 0.5) is 0 Å². The lowest BCUT2D eigenvalue weighted by Crippen LogP contribution is -2.43. The molecule has 19 heavy (non-hydrogen) atoms. The Morgan fingerprint density at radius 2 is 2.11 bits per heavy atom. The number of rotatable bonds is 8. The molecule has 4 heteroatoms. The summed E-state index contributed by atoms with van der Waals surface area (Å²) >= 11 is 1.66. The van der Waals surface area contributed by atoms with Gasteiger partial charge in [0.25, 0.3) is 0 Å². The van der Waals surface area contributed by atoms with Crippen molar-refractivity contribution in [2.24, 2.45) is 0 Å². The third kappa shape index (κ3) is 5.85. The predicted molar refractivity (Wildman–Crippen MR) is 83.2 cm³/mol. The zero-order chi connectivity index (χ0) is 14.3. The first-order valence-electron chi connectivity index (χ1n) is 6.55. The summed E-state index contributed by atoms with van der Waals surface area (Å²) in [4.78, 5) is 0. The van der Waals surface area contributed by atoms with Crippen molar-refractivity contribution in [3.05, 3.63) is 29.8 Å². The van der Waals surface area contributed by atoms with Gasteiger partial charge in [0.15, 0.2) is 0 Å². The first-order valence-corrected chi connectivity index (χ1v) is 7.94. The lowest BCUT2D eigenvalue weighted by Gasteiger charge is -2.25. The second-order valence-electron chi connectivity index (χ2n) is 5.23. The van der Waals surface area contributed by atoms with E-state index >= 15 is 0 Å². The number of methoxy groups -OCH3 is 1. The second-order valence-corrected chi connectivity index (χ2v) is 6.09. The van der Waals surface area contributed by atoms with Crippen molar-refractivity contribution in [2.75, 3.05) is 25.7 Å². The summed E-state index contributed by atoms with van der Waals surface area (Å²) in [6, 6.07) is 8.35. The molecule has 3 nitrogen and oxygen atoms in total. The van der Waals surface area contributed by atoms with E-state index in [0.717, 1.165) is 17.9 Å². The van der Waals surface area contributed by atoms with E-state index in [-0.39, 0.29) is 0 Å². The zero-order valence-corrected chi connectivity index (χ0v) is 13.1. The number of para-hydroxylation sites is 1. The van der Waals surface area contributed by atoms with Crippen molar-refractivity contribution < 1.29 is 9.84 Å². The minimum Gasteiger partial charge on any atom is -0.496 e. The number of nitrogens with one attached hydrogen (secondary N) is 1. The highest BCUT2D eigenvalue weighted by atomic mass is 32.2. The fraction of sp³-hybridized carbons (Fsp3) is 0.600. The molecule has 0 heterocycles. The van der Waals surface area contributed by atoms with Crippen molar-refractivity contribution in [1.82, 2.24) is 5.32 Å². The molecule has 0 amide bonds. The Bertz CT molecular complexity index is 382. The van der Waals surface area contributed by atoms with Crippen LogP contribution in [0.1, 0.15) is 19.4 Å². The van der Waals surface area contributed by atoms with Crippen LogP contribution in [0.3, 0.4) is 0 Å². The van der Waals surface area contributed by atoms with Crippen molar-refractivity contribution in [3.8, 4) is 5.75 Å². The number of hydrogen-bond donors (Lipinski definition) is 2. The molecule has 0 spiro atoms. The van der Waals surface area contributed by atoms with Gasteiger partial charge in [-0.25, -0.2) is 0 Å². The molecule has 1 aromatic carbocycles. The molecule has 1 rings (SSSR count). The first-order chi connectivity index (χ1) is 8.98. The topological polar surface area (TPSA) is 41.5 Å². The van der Waals surface area contributed by atoms with Crippen LogP contribution in [-0.2, 0) is 6.42 Å².